The molecule has 31 heavy (non-hydrogen) atoms. The van der Waals surface area contributed by atoms with Crippen molar-refractivity contribution in [1.82, 2.24) is 19.7 Å². The number of thioether (sulfide) groups is 1. The van der Waals surface area contributed by atoms with Crippen molar-refractivity contribution < 1.29 is 18.0 Å². The summed E-state index contributed by atoms with van der Waals surface area (Å²) in [6.45, 7) is 0. The van der Waals surface area contributed by atoms with Crippen molar-refractivity contribution in [2.45, 2.75) is 11.2 Å². The number of para-hydroxylation sites is 1. The molecule has 0 bridgehead atoms. The lowest BCUT2D eigenvalue weighted by Crippen LogP contribution is -2.18. The lowest BCUT2D eigenvalue weighted by Gasteiger charge is -2.13. The zero-order chi connectivity index (χ0) is 22.0. The van der Waals surface area contributed by atoms with Gasteiger partial charge in [0.05, 0.1) is 34.3 Å². The highest BCUT2D eigenvalue weighted by molar-refractivity contribution is 8.00. The summed E-state index contributed by atoms with van der Waals surface area (Å²) in [5.74, 6) is -0.719. The molecule has 4 rings (SSSR count). The fraction of sp³-hybridized carbons (Fsp3) is 0.100. The Balaban J connectivity index is 1.51. The van der Waals surface area contributed by atoms with Gasteiger partial charge in [-0.05, 0) is 36.4 Å². The molecule has 0 spiro atoms. The van der Waals surface area contributed by atoms with Gasteiger partial charge in [0.25, 0.3) is 0 Å². The van der Waals surface area contributed by atoms with E-state index in [1.54, 1.807) is 35.1 Å². The van der Waals surface area contributed by atoms with Crippen LogP contribution in [0.2, 0.25) is 5.02 Å². The Morgan fingerprint density at radius 2 is 1.84 bits per heavy atom. The molecule has 6 nitrogen and oxygen atoms in total. The van der Waals surface area contributed by atoms with Crippen LogP contribution in [0.3, 0.4) is 0 Å². The van der Waals surface area contributed by atoms with Crippen LogP contribution in [0.25, 0.3) is 16.7 Å². The van der Waals surface area contributed by atoms with Crippen LogP contribution in [0.5, 0.6) is 0 Å². The third kappa shape index (κ3) is 4.64. The number of aromatic nitrogens is 4. The third-order valence-electron chi connectivity index (χ3n) is 4.25. The number of amides is 1. The maximum atomic E-state index is 13.1. The second kappa shape index (κ2) is 8.56. The number of carbonyl (C=O) groups excluding carboxylic acids is 1. The predicted molar refractivity (Wildman–Crippen MR) is 112 cm³/mol. The molecule has 0 radical (unpaired) electrons. The fourth-order valence-electron chi connectivity index (χ4n) is 2.87. The summed E-state index contributed by atoms with van der Waals surface area (Å²) in [5.41, 5.74) is 0.0872. The molecule has 2 aromatic heterocycles. The Morgan fingerprint density at radius 3 is 2.58 bits per heavy atom. The van der Waals surface area contributed by atoms with Crippen LogP contribution >= 0.6 is 23.4 Å². The molecule has 0 aliphatic rings. The molecule has 11 heteroatoms. The van der Waals surface area contributed by atoms with E-state index < -0.39 is 17.6 Å². The molecule has 0 saturated heterocycles. The van der Waals surface area contributed by atoms with Crippen LogP contribution in [0.4, 0.5) is 18.9 Å². The van der Waals surface area contributed by atoms with Gasteiger partial charge in [0.1, 0.15) is 11.4 Å². The Labute approximate surface area is 183 Å². The van der Waals surface area contributed by atoms with E-state index >= 15 is 0 Å². The molecule has 0 saturated carbocycles. The van der Waals surface area contributed by atoms with Gasteiger partial charge in [-0.2, -0.15) is 18.3 Å². The van der Waals surface area contributed by atoms with Crippen LogP contribution in [0.1, 0.15) is 5.56 Å². The summed E-state index contributed by atoms with van der Waals surface area (Å²) in [6.07, 6.45) is -1.65. The SMILES string of the molecule is O=C(CSc1ncnc2c1cnn2-c1ccc(Cl)cc1)Nc1ccccc1C(F)(F)F. The Hall–Kier alpha value is -3.11. The maximum absolute atomic E-state index is 13.1. The molecular formula is C20H13ClF3N5OS. The van der Waals surface area contributed by atoms with Crippen LogP contribution in [0, 0.1) is 0 Å². The molecule has 2 heterocycles. The summed E-state index contributed by atoms with van der Waals surface area (Å²) >= 11 is 7.00. The maximum Gasteiger partial charge on any atom is 0.418 e. The van der Waals surface area contributed by atoms with Crippen molar-refractivity contribution in [3.8, 4) is 5.69 Å². The van der Waals surface area contributed by atoms with E-state index in [2.05, 4.69) is 20.4 Å². The minimum absolute atomic E-state index is 0.134. The van der Waals surface area contributed by atoms with Crippen LogP contribution in [0.15, 0.2) is 66.1 Å². The monoisotopic (exact) mass is 463 g/mol. The van der Waals surface area contributed by atoms with Gasteiger partial charge in [-0.3, -0.25) is 4.79 Å². The third-order valence-corrected chi connectivity index (χ3v) is 5.50. The Kier molecular flexibility index (Phi) is 5.84. The number of rotatable bonds is 5. The second-order valence-corrected chi connectivity index (χ2v) is 7.73. The summed E-state index contributed by atoms with van der Waals surface area (Å²) in [5, 5.41) is 8.33. The van der Waals surface area contributed by atoms with Gasteiger partial charge >= 0.3 is 6.18 Å². The molecule has 2 aromatic carbocycles. The van der Waals surface area contributed by atoms with E-state index in [1.165, 1.54) is 24.5 Å². The number of benzene rings is 2. The second-order valence-electron chi connectivity index (χ2n) is 6.33. The van der Waals surface area contributed by atoms with Gasteiger partial charge in [0.15, 0.2) is 5.65 Å². The summed E-state index contributed by atoms with van der Waals surface area (Å²) in [7, 11) is 0. The normalized spacial score (nSPS) is 11.6. The summed E-state index contributed by atoms with van der Waals surface area (Å²) < 4.78 is 40.9. The van der Waals surface area contributed by atoms with Gasteiger partial charge in [0, 0.05) is 5.02 Å². The van der Waals surface area contributed by atoms with Crippen molar-refractivity contribution in [2.75, 3.05) is 11.1 Å². The Bertz CT molecular complexity index is 1240. The van der Waals surface area contributed by atoms with E-state index in [0.717, 1.165) is 23.5 Å². The van der Waals surface area contributed by atoms with Crippen molar-refractivity contribution in [3.05, 3.63) is 71.6 Å². The fourth-order valence-corrected chi connectivity index (χ4v) is 3.76. The summed E-state index contributed by atoms with van der Waals surface area (Å²) in [6, 6.07) is 11.9. The van der Waals surface area contributed by atoms with E-state index in [4.69, 9.17) is 11.6 Å². The molecule has 0 unspecified atom stereocenters. The number of nitrogens with one attached hydrogen (secondary N) is 1. The minimum atomic E-state index is -4.56. The highest BCUT2D eigenvalue weighted by Gasteiger charge is 2.33. The van der Waals surface area contributed by atoms with Crippen molar-refractivity contribution in [2.24, 2.45) is 0 Å². The Morgan fingerprint density at radius 1 is 1.10 bits per heavy atom. The van der Waals surface area contributed by atoms with Crippen molar-refractivity contribution in [1.29, 1.82) is 0 Å². The van der Waals surface area contributed by atoms with Gasteiger partial charge in [0.2, 0.25) is 5.91 Å². The zero-order valence-corrected chi connectivity index (χ0v) is 17.2. The lowest BCUT2D eigenvalue weighted by molar-refractivity contribution is -0.137. The van der Waals surface area contributed by atoms with Crippen LogP contribution in [-0.2, 0) is 11.0 Å². The first-order valence-corrected chi connectivity index (χ1v) is 10.2. The predicted octanol–water partition coefficient (Wildman–Crippen LogP) is 5.22. The molecule has 158 valence electrons. The lowest BCUT2D eigenvalue weighted by atomic mass is 10.1. The number of nitrogens with zero attached hydrogens (tertiary/aromatic N) is 4. The van der Waals surface area contributed by atoms with E-state index in [-0.39, 0.29) is 11.4 Å². The number of anilines is 1. The average molecular weight is 464 g/mol. The van der Waals surface area contributed by atoms with E-state index in [0.29, 0.717) is 21.1 Å². The number of alkyl halides is 3. The standard InChI is InChI=1S/C20H13ClF3N5OS/c21-12-5-7-13(8-6-12)29-18-14(9-27-29)19(26-11-25-18)31-10-17(30)28-16-4-2-1-3-15(16)20(22,23)24/h1-9,11H,10H2,(H,28,30). The van der Waals surface area contributed by atoms with Gasteiger partial charge in [-0.25, -0.2) is 14.6 Å². The summed E-state index contributed by atoms with van der Waals surface area (Å²) in [4.78, 5) is 20.7. The van der Waals surface area contributed by atoms with E-state index in [9.17, 15) is 18.0 Å². The smallest absolute Gasteiger partial charge is 0.325 e. The zero-order valence-electron chi connectivity index (χ0n) is 15.6. The number of carbonyl (C=O) groups is 1. The van der Waals surface area contributed by atoms with Crippen molar-refractivity contribution >= 4 is 46.0 Å². The molecule has 0 atom stereocenters. The first-order valence-electron chi connectivity index (χ1n) is 8.86. The topological polar surface area (TPSA) is 72.7 Å². The molecule has 1 amide bonds. The number of fused-ring (bicyclic) bond motifs is 1. The van der Waals surface area contributed by atoms with Gasteiger partial charge in [-0.1, -0.05) is 35.5 Å². The largest absolute Gasteiger partial charge is 0.418 e. The molecule has 4 aromatic rings. The quantitative estimate of drug-likeness (QED) is 0.324. The first-order chi connectivity index (χ1) is 14.8. The molecule has 0 aliphatic heterocycles. The molecule has 0 aliphatic carbocycles. The van der Waals surface area contributed by atoms with Crippen molar-refractivity contribution in [3.63, 3.8) is 0 Å². The molecule has 0 fully saturated rings. The van der Waals surface area contributed by atoms with Gasteiger partial charge < -0.3 is 5.32 Å². The highest BCUT2D eigenvalue weighted by Crippen LogP contribution is 2.34. The number of halogens is 4. The highest BCUT2D eigenvalue weighted by atomic mass is 35.5. The number of hydrogen-bond donors (Lipinski definition) is 1. The number of hydrogen-bond acceptors (Lipinski definition) is 5. The average Bonchev–Trinajstić information content (AvgIpc) is 3.17. The van der Waals surface area contributed by atoms with Crippen LogP contribution < -0.4 is 5.32 Å². The minimum Gasteiger partial charge on any atom is -0.325 e. The van der Waals surface area contributed by atoms with Crippen LogP contribution in [-0.4, -0.2) is 31.4 Å². The van der Waals surface area contributed by atoms with Gasteiger partial charge in [-0.15, -0.1) is 0 Å². The van der Waals surface area contributed by atoms with E-state index in [1.807, 2.05) is 0 Å². The molecule has 1 N–H and O–H groups in total. The first kappa shape index (κ1) is 21.1. The molecular weight excluding hydrogens is 451 g/mol.